The lowest BCUT2D eigenvalue weighted by Gasteiger charge is -2.35. The summed E-state index contributed by atoms with van der Waals surface area (Å²) in [4.78, 5) is 38.3. The number of aromatic nitrogens is 2. The van der Waals surface area contributed by atoms with Crippen LogP contribution in [0, 0.1) is 5.92 Å². The van der Waals surface area contributed by atoms with Crippen LogP contribution in [0.3, 0.4) is 0 Å². The van der Waals surface area contributed by atoms with Crippen LogP contribution >= 0.6 is 0 Å². The van der Waals surface area contributed by atoms with Gasteiger partial charge in [-0.25, -0.2) is 9.78 Å². The van der Waals surface area contributed by atoms with Crippen molar-refractivity contribution in [3.8, 4) is 0 Å². The van der Waals surface area contributed by atoms with Gasteiger partial charge in [0.05, 0.1) is 12.9 Å². The molecule has 5 rings (SSSR count). The summed E-state index contributed by atoms with van der Waals surface area (Å²) in [6.07, 6.45) is 3.67. The van der Waals surface area contributed by atoms with E-state index in [0.29, 0.717) is 24.1 Å². The zero-order chi connectivity index (χ0) is 25.8. The number of hydrogen-bond donors (Lipinski definition) is 2. The molecule has 0 aliphatic carbocycles. The molecule has 0 saturated carbocycles. The van der Waals surface area contributed by atoms with Crippen molar-refractivity contribution < 1.29 is 18.7 Å². The number of rotatable bonds is 7. The average Bonchev–Trinajstić information content (AvgIpc) is 3.38. The Labute approximate surface area is 215 Å². The van der Waals surface area contributed by atoms with E-state index >= 15 is 0 Å². The number of nitrogens with two attached hydrogens (primary N) is 1. The Kier molecular flexibility index (Phi) is 7.29. The van der Waals surface area contributed by atoms with Crippen molar-refractivity contribution in [2.75, 3.05) is 61.0 Å². The molecule has 2 aromatic heterocycles. The molecule has 0 atom stereocenters. The third-order valence-corrected chi connectivity index (χ3v) is 7.18. The van der Waals surface area contributed by atoms with Crippen molar-refractivity contribution in [2.24, 2.45) is 11.7 Å². The third kappa shape index (κ3) is 5.87. The van der Waals surface area contributed by atoms with Gasteiger partial charge in [0.2, 0.25) is 11.9 Å². The third-order valence-electron chi connectivity index (χ3n) is 7.18. The van der Waals surface area contributed by atoms with Crippen molar-refractivity contribution in [1.29, 1.82) is 0 Å². The van der Waals surface area contributed by atoms with Crippen molar-refractivity contribution in [3.05, 3.63) is 36.6 Å². The number of furan rings is 1. The highest BCUT2D eigenvalue weighted by atomic mass is 16.5. The second-order valence-corrected chi connectivity index (χ2v) is 9.56. The first-order chi connectivity index (χ1) is 18.0. The van der Waals surface area contributed by atoms with Gasteiger partial charge in [-0.2, -0.15) is 4.98 Å². The highest BCUT2D eigenvalue weighted by Gasteiger charge is 2.24. The maximum Gasteiger partial charge on any atom is 0.404 e. The van der Waals surface area contributed by atoms with Gasteiger partial charge in [0, 0.05) is 63.6 Å². The van der Waals surface area contributed by atoms with E-state index in [0.717, 1.165) is 81.2 Å². The van der Waals surface area contributed by atoms with Crippen molar-refractivity contribution in [3.63, 3.8) is 0 Å². The minimum Gasteiger partial charge on any atom is -0.459 e. The first-order valence-electron chi connectivity index (χ1n) is 12.8. The van der Waals surface area contributed by atoms with E-state index < -0.39 is 6.09 Å². The Morgan fingerprint density at radius 1 is 1.03 bits per heavy atom. The normalized spacial score (nSPS) is 16.7. The zero-order valence-electron chi connectivity index (χ0n) is 21.1. The first kappa shape index (κ1) is 24.7. The molecule has 11 heteroatoms. The van der Waals surface area contributed by atoms with E-state index in [2.05, 4.69) is 32.2 Å². The van der Waals surface area contributed by atoms with Crippen LogP contribution in [0.25, 0.3) is 11.1 Å². The van der Waals surface area contributed by atoms with E-state index in [1.54, 1.807) is 13.2 Å². The van der Waals surface area contributed by atoms with Crippen LogP contribution in [0.5, 0.6) is 0 Å². The molecule has 3 aromatic rings. The number of benzene rings is 1. The van der Waals surface area contributed by atoms with Gasteiger partial charge in [-0.15, -0.1) is 0 Å². The molecule has 11 nitrogen and oxygen atoms in total. The summed E-state index contributed by atoms with van der Waals surface area (Å²) in [6.45, 7) is 6.78. The van der Waals surface area contributed by atoms with Crippen LogP contribution in [-0.4, -0.2) is 72.7 Å². The Morgan fingerprint density at radius 2 is 1.76 bits per heavy atom. The zero-order valence-corrected chi connectivity index (χ0v) is 21.1. The van der Waals surface area contributed by atoms with Crippen molar-refractivity contribution in [2.45, 2.75) is 26.2 Å². The summed E-state index contributed by atoms with van der Waals surface area (Å²) in [5.74, 6) is 1.91. The number of primary amides is 1. The lowest BCUT2D eigenvalue weighted by molar-refractivity contribution is -0.129. The summed E-state index contributed by atoms with van der Waals surface area (Å²) < 4.78 is 10.6. The van der Waals surface area contributed by atoms with Gasteiger partial charge in [-0.05, 0) is 49.4 Å². The summed E-state index contributed by atoms with van der Waals surface area (Å²) in [7, 11) is 0. The van der Waals surface area contributed by atoms with E-state index in [9.17, 15) is 9.59 Å². The van der Waals surface area contributed by atoms with Gasteiger partial charge in [-0.3, -0.25) is 4.79 Å². The van der Waals surface area contributed by atoms with Gasteiger partial charge in [0.1, 0.15) is 5.52 Å². The molecule has 1 aromatic carbocycles. The topological polar surface area (TPSA) is 130 Å². The van der Waals surface area contributed by atoms with Gasteiger partial charge >= 0.3 is 6.09 Å². The van der Waals surface area contributed by atoms with Crippen LogP contribution in [-0.2, 0) is 9.53 Å². The molecule has 0 spiro atoms. The number of nitrogens with one attached hydrogen (secondary N) is 1. The van der Waals surface area contributed by atoms with Crippen LogP contribution in [0.4, 0.5) is 27.9 Å². The number of piperidine rings is 1. The quantitative estimate of drug-likeness (QED) is 0.494. The van der Waals surface area contributed by atoms with Crippen molar-refractivity contribution >= 4 is 46.2 Å². The molecule has 0 unspecified atom stereocenters. The number of ether oxygens (including phenoxy) is 1. The average molecular weight is 508 g/mol. The fraction of sp³-hybridized carbons (Fsp3) is 0.462. The largest absolute Gasteiger partial charge is 0.459 e. The number of hydrogen-bond acceptors (Lipinski definition) is 9. The molecule has 37 heavy (non-hydrogen) atoms. The second kappa shape index (κ2) is 10.9. The number of carbonyl (C=O) groups excluding carboxylic acids is 2. The van der Waals surface area contributed by atoms with Gasteiger partial charge in [0.15, 0.2) is 11.4 Å². The summed E-state index contributed by atoms with van der Waals surface area (Å²) >= 11 is 0. The molecule has 4 heterocycles. The molecule has 0 bridgehead atoms. The Hall–Kier alpha value is -4.02. The number of piperazine rings is 1. The number of amides is 2. The lowest BCUT2D eigenvalue weighted by Crippen LogP contribution is -2.48. The minimum atomic E-state index is -0.721. The van der Waals surface area contributed by atoms with E-state index in [1.165, 1.54) is 0 Å². The van der Waals surface area contributed by atoms with Crippen molar-refractivity contribution in [1.82, 2.24) is 14.9 Å². The van der Waals surface area contributed by atoms with E-state index in [1.807, 2.05) is 23.1 Å². The van der Waals surface area contributed by atoms with Crippen LogP contribution in [0.15, 0.2) is 41.0 Å². The summed E-state index contributed by atoms with van der Waals surface area (Å²) in [5.41, 5.74) is 8.52. The number of fused-ring (bicyclic) bond motifs is 1. The summed E-state index contributed by atoms with van der Waals surface area (Å²) in [6, 6.07) is 10.1. The molecule has 2 saturated heterocycles. The fourth-order valence-electron chi connectivity index (χ4n) is 5.04. The molecule has 0 radical (unpaired) electrons. The summed E-state index contributed by atoms with van der Waals surface area (Å²) in [5, 5.41) is 3.34. The lowest BCUT2D eigenvalue weighted by atomic mass is 9.94. The second-order valence-electron chi connectivity index (χ2n) is 9.56. The maximum absolute atomic E-state index is 11.6. The SMILES string of the molecule is CC(=O)N1CCN(c2ccc(Nc3nc(N4CCC(CCOC(N)=O)CC4)c4occc4n3)cc2)CC1. The highest BCUT2D eigenvalue weighted by molar-refractivity contribution is 5.85. The Morgan fingerprint density at radius 3 is 2.43 bits per heavy atom. The molecule has 196 valence electrons. The fourth-order valence-corrected chi connectivity index (χ4v) is 5.04. The Balaban J connectivity index is 1.23. The molecule has 2 aliphatic heterocycles. The highest BCUT2D eigenvalue weighted by Crippen LogP contribution is 2.31. The van der Waals surface area contributed by atoms with Crippen LogP contribution in [0.2, 0.25) is 0 Å². The monoisotopic (exact) mass is 507 g/mol. The number of nitrogens with zero attached hydrogens (tertiary/aromatic N) is 5. The molecule has 2 amide bonds. The van der Waals surface area contributed by atoms with Gasteiger partial charge in [0.25, 0.3) is 0 Å². The van der Waals surface area contributed by atoms with Gasteiger partial charge in [-0.1, -0.05) is 0 Å². The molecular weight excluding hydrogens is 474 g/mol. The van der Waals surface area contributed by atoms with Crippen LogP contribution in [0.1, 0.15) is 26.2 Å². The first-order valence-corrected chi connectivity index (χ1v) is 12.8. The Bertz CT molecular complexity index is 1230. The van der Waals surface area contributed by atoms with Gasteiger partial charge < -0.3 is 34.9 Å². The molecule has 3 N–H and O–H groups in total. The number of anilines is 4. The minimum absolute atomic E-state index is 0.132. The predicted molar refractivity (Wildman–Crippen MR) is 141 cm³/mol. The standard InChI is InChI=1S/C26H33N7O4/c1-18(34)31-12-14-32(15-13-31)21-4-2-20(3-5-21)28-26-29-22-9-17-36-23(22)24(30-26)33-10-6-19(7-11-33)8-16-37-25(27)35/h2-5,9,17,19H,6-8,10-16H2,1H3,(H2,27,35)(H,28,29,30). The smallest absolute Gasteiger partial charge is 0.404 e. The predicted octanol–water partition coefficient (Wildman–Crippen LogP) is 3.34. The maximum atomic E-state index is 11.6. The van der Waals surface area contributed by atoms with E-state index in [4.69, 9.17) is 19.9 Å². The molecule has 2 fully saturated rings. The molecular formula is C26H33N7O4. The van der Waals surface area contributed by atoms with Crippen LogP contribution < -0.4 is 20.9 Å². The molecule has 2 aliphatic rings. The number of carbonyl (C=O) groups is 2. The van der Waals surface area contributed by atoms with E-state index in [-0.39, 0.29) is 5.91 Å².